The maximum atomic E-state index is 13.0. The van der Waals surface area contributed by atoms with Crippen LogP contribution in [0.2, 0.25) is 0 Å². The molecular formula is C27H25N5O3. The second kappa shape index (κ2) is 9.80. The number of imidazole rings is 1. The second-order valence-electron chi connectivity index (χ2n) is 8.55. The van der Waals surface area contributed by atoms with E-state index in [0.29, 0.717) is 23.5 Å². The minimum absolute atomic E-state index is 0.0697. The van der Waals surface area contributed by atoms with Crippen molar-refractivity contribution >= 4 is 34.4 Å². The minimum atomic E-state index is -0.806. The van der Waals surface area contributed by atoms with E-state index >= 15 is 0 Å². The van der Waals surface area contributed by atoms with Crippen molar-refractivity contribution in [2.45, 2.75) is 31.3 Å². The predicted octanol–water partition coefficient (Wildman–Crippen LogP) is 3.49. The van der Waals surface area contributed by atoms with E-state index in [0.717, 1.165) is 16.6 Å². The molecule has 3 aromatic carbocycles. The van der Waals surface area contributed by atoms with Gasteiger partial charge in [0.05, 0.1) is 28.3 Å². The quantitative estimate of drug-likeness (QED) is 0.333. The number of benzene rings is 3. The third-order valence-electron chi connectivity index (χ3n) is 6.07. The van der Waals surface area contributed by atoms with Crippen molar-refractivity contribution in [2.24, 2.45) is 0 Å². The number of carbonyl (C=O) groups excluding carboxylic acids is 3. The van der Waals surface area contributed by atoms with Gasteiger partial charge < -0.3 is 20.9 Å². The van der Waals surface area contributed by atoms with E-state index in [1.54, 1.807) is 24.3 Å². The van der Waals surface area contributed by atoms with Gasteiger partial charge in [-0.25, -0.2) is 4.98 Å². The van der Waals surface area contributed by atoms with Crippen molar-refractivity contribution in [3.63, 3.8) is 0 Å². The molecule has 0 saturated carbocycles. The van der Waals surface area contributed by atoms with E-state index in [1.165, 1.54) is 0 Å². The Morgan fingerprint density at radius 1 is 0.943 bits per heavy atom. The highest BCUT2D eigenvalue weighted by molar-refractivity contribution is 6.09. The summed E-state index contributed by atoms with van der Waals surface area (Å²) in [5.74, 6) is -0.239. The van der Waals surface area contributed by atoms with Gasteiger partial charge in [-0.15, -0.1) is 0 Å². The number of nitrogens with zero attached hydrogens (tertiary/aromatic N) is 1. The van der Waals surface area contributed by atoms with Crippen molar-refractivity contribution < 1.29 is 14.4 Å². The molecule has 0 radical (unpaired) electrons. The van der Waals surface area contributed by atoms with Crippen LogP contribution in [0.1, 0.15) is 40.6 Å². The molecule has 1 aromatic heterocycles. The van der Waals surface area contributed by atoms with Gasteiger partial charge in [-0.05, 0) is 42.7 Å². The van der Waals surface area contributed by atoms with Crippen LogP contribution in [0, 0.1) is 0 Å². The predicted molar refractivity (Wildman–Crippen MR) is 133 cm³/mol. The van der Waals surface area contributed by atoms with Gasteiger partial charge >= 0.3 is 0 Å². The lowest BCUT2D eigenvalue weighted by Crippen LogP contribution is -2.42. The van der Waals surface area contributed by atoms with Crippen molar-refractivity contribution in [3.8, 4) is 0 Å². The first-order chi connectivity index (χ1) is 17.1. The summed E-state index contributed by atoms with van der Waals surface area (Å²) in [6, 6.07) is 23.2. The summed E-state index contributed by atoms with van der Waals surface area (Å²) in [5.41, 5.74) is 3.65. The van der Waals surface area contributed by atoms with Gasteiger partial charge in [0.2, 0.25) is 11.8 Å². The molecule has 1 aliphatic rings. The third-order valence-corrected chi connectivity index (χ3v) is 6.07. The molecule has 8 heteroatoms. The van der Waals surface area contributed by atoms with Gasteiger partial charge in [0.1, 0.15) is 11.9 Å². The molecule has 2 atom stereocenters. The highest BCUT2D eigenvalue weighted by atomic mass is 16.2. The molecule has 4 N–H and O–H groups in total. The van der Waals surface area contributed by atoms with E-state index in [1.807, 2.05) is 54.6 Å². The monoisotopic (exact) mass is 467 g/mol. The highest BCUT2D eigenvalue weighted by Crippen LogP contribution is 2.21. The number of para-hydroxylation sites is 3. The molecule has 0 spiro atoms. The lowest BCUT2D eigenvalue weighted by molar-refractivity contribution is -0.122. The molecule has 176 valence electrons. The van der Waals surface area contributed by atoms with Crippen LogP contribution in [0.25, 0.3) is 11.0 Å². The SMILES string of the molecule is O=C(CC[C@@H]1NC(=O)c2ccccc2NC1=O)NC(Cc1ccccc1)c1nc2ccccc2[nH]1. The normalized spacial score (nSPS) is 16.1. The van der Waals surface area contributed by atoms with E-state index in [-0.39, 0.29) is 36.6 Å². The first-order valence-electron chi connectivity index (χ1n) is 11.6. The standard InChI is InChI=1S/C27H25N5O3/c33-24(15-14-22-27(35)31-19-11-5-4-10-18(19)26(34)32-22)28-23(16-17-8-2-1-3-9-17)25-29-20-12-6-7-13-21(20)30-25/h1-13,22-23H,14-16H2,(H,28,33)(H,29,30)(H,31,35)(H,32,34)/t22-,23?/m0/s1. The third kappa shape index (κ3) is 5.06. The molecule has 2 heterocycles. The summed E-state index contributed by atoms with van der Waals surface area (Å²) in [4.78, 5) is 46.1. The van der Waals surface area contributed by atoms with Crippen LogP contribution in [-0.4, -0.2) is 33.7 Å². The van der Waals surface area contributed by atoms with Crippen LogP contribution < -0.4 is 16.0 Å². The van der Waals surface area contributed by atoms with Gasteiger partial charge in [0, 0.05) is 6.42 Å². The minimum Gasteiger partial charge on any atom is -0.346 e. The van der Waals surface area contributed by atoms with Crippen LogP contribution >= 0.6 is 0 Å². The topological polar surface area (TPSA) is 116 Å². The van der Waals surface area contributed by atoms with E-state index in [2.05, 4.69) is 25.9 Å². The lowest BCUT2D eigenvalue weighted by Gasteiger charge is -2.18. The largest absolute Gasteiger partial charge is 0.346 e. The average molecular weight is 468 g/mol. The van der Waals surface area contributed by atoms with Gasteiger partial charge in [-0.1, -0.05) is 54.6 Å². The van der Waals surface area contributed by atoms with Crippen LogP contribution in [0.15, 0.2) is 78.9 Å². The first kappa shape index (κ1) is 22.3. The number of carbonyl (C=O) groups is 3. The van der Waals surface area contributed by atoms with Gasteiger partial charge in [-0.3, -0.25) is 14.4 Å². The number of amides is 3. The molecule has 0 aliphatic carbocycles. The molecule has 0 saturated heterocycles. The smallest absolute Gasteiger partial charge is 0.254 e. The van der Waals surface area contributed by atoms with E-state index in [9.17, 15) is 14.4 Å². The van der Waals surface area contributed by atoms with Crippen molar-refractivity contribution in [1.82, 2.24) is 20.6 Å². The number of anilines is 1. The fourth-order valence-corrected chi connectivity index (χ4v) is 4.26. The number of aromatic nitrogens is 2. The fraction of sp³-hybridized carbons (Fsp3) is 0.185. The van der Waals surface area contributed by atoms with Crippen LogP contribution in [0.5, 0.6) is 0 Å². The Hall–Kier alpha value is -4.46. The van der Waals surface area contributed by atoms with Crippen LogP contribution in [0.4, 0.5) is 5.69 Å². The molecule has 5 rings (SSSR count). The van der Waals surface area contributed by atoms with Crippen molar-refractivity contribution in [3.05, 3.63) is 95.8 Å². The number of H-pyrrole nitrogens is 1. The summed E-state index contributed by atoms with van der Waals surface area (Å²) in [6.07, 6.45) is 0.804. The van der Waals surface area contributed by atoms with Gasteiger partial charge in [0.25, 0.3) is 5.91 Å². The Balaban J connectivity index is 1.28. The number of rotatable bonds is 7. The first-order valence-corrected chi connectivity index (χ1v) is 11.6. The maximum absolute atomic E-state index is 13.0. The van der Waals surface area contributed by atoms with Crippen LogP contribution in [0.3, 0.4) is 0 Å². The molecule has 1 aliphatic heterocycles. The molecule has 35 heavy (non-hydrogen) atoms. The molecular weight excluding hydrogens is 442 g/mol. The number of fused-ring (bicyclic) bond motifs is 2. The van der Waals surface area contributed by atoms with Crippen molar-refractivity contribution in [2.75, 3.05) is 5.32 Å². The maximum Gasteiger partial charge on any atom is 0.254 e. The summed E-state index contributed by atoms with van der Waals surface area (Å²) in [6.45, 7) is 0. The Bertz CT molecular complexity index is 1350. The molecule has 8 nitrogen and oxygen atoms in total. The van der Waals surface area contributed by atoms with Crippen molar-refractivity contribution in [1.29, 1.82) is 0 Å². The lowest BCUT2D eigenvalue weighted by atomic mass is 10.0. The number of hydrogen-bond donors (Lipinski definition) is 4. The summed E-state index contributed by atoms with van der Waals surface area (Å²) in [5, 5.41) is 8.57. The highest BCUT2D eigenvalue weighted by Gasteiger charge is 2.28. The van der Waals surface area contributed by atoms with Gasteiger partial charge in [0.15, 0.2) is 0 Å². The Labute approximate surface area is 202 Å². The van der Waals surface area contributed by atoms with Crippen LogP contribution in [-0.2, 0) is 16.0 Å². The number of aromatic amines is 1. The van der Waals surface area contributed by atoms with E-state index < -0.39 is 6.04 Å². The summed E-state index contributed by atoms with van der Waals surface area (Å²) < 4.78 is 0. The molecule has 1 unspecified atom stereocenters. The van der Waals surface area contributed by atoms with Gasteiger partial charge in [-0.2, -0.15) is 0 Å². The fourth-order valence-electron chi connectivity index (χ4n) is 4.26. The average Bonchev–Trinajstić information content (AvgIpc) is 3.26. The Kier molecular flexibility index (Phi) is 6.26. The molecule has 0 fully saturated rings. The number of nitrogens with one attached hydrogen (secondary N) is 4. The Morgan fingerprint density at radius 2 is 1.69 bits per heavy atom. The zero-order chi connectivity index (χ0) is 24.2. The van der Waals surface area contributed by atoms with E-state index in [4.69, 9.17) is 0 Å². The molecule has 0 bridgehead atoms. The number of hydrogen-bond acceptors (Lipinski definition) is 4. The Morgan fingerprint density at radius 3 is 2.51 bits per heavy atom. The molecule has 3 amide bonds. The summed E-state index contributed by atoms with van der Waals surface area (Å²) in [7, 11) is 0. The zero-order valence-electron chi connectivity index (χ0n) is 19.0. The zero-order valence-corrected chi connectivity index (χ0v) is 19.0. The summed E-state index contributed by atoms with van der Waals surface area (Å²) >= 11 is 0. The molecule has 4 aromatic rings. The second-order valence-corrected chi connectivity index (χ2v) is 8.55.